The summed E-state index contributed by atoms with van der Waals surface area (Å²) in [4.78, 5) is 11.8. The van der Waals surface area contributed by atoms with Crippen LogP contribution in [0.5, 0.6) is 0 Å². The van der Waals surface area contributed by atoms with Crippen LogP contribution in [0.3, 0.4) is 0 Å². The Labute approximate surface area is 111 Å². The monoisotopic (exact) mass is 272 g/mol. The maximum Gasteiger partial charge on any atom is 0.252 e. The first-order valence-corrected chi connectivity index (χ1v) is 6.04. The molecule has 1 aromatic carbocycles. The van der Waals surface area contributed by atoms with Gasteiger partial charge in [-0.15, -0.1) is 0 Å². The number of rotatable bonds is 7. The number of hydrogen-bond acceptors (Lipinski definition) is 4. The van der Waals surface area contributed by atoms with Gasteiger partial charge in [0, 0.05) is 18.8 Å². The van der Waals surface area contributed by atoms with Crippen molar-refractivity contribution < 1.29 is 14.6 Å². The number of nitrogens with two attached hydrogens (primary N) is 1. The SMILES string of the molecule is Nc1ccc(Cl)c(C(=O)NCCCOCCO)c1. The highest BCUT2D eigenvalue weighted by atomic mass is 35.5. The number of anilines is 1. The smallest absolute Gasteiger partial charge is 0.252 e. The second kappa shape index (κ2) is 7.92. The molecule has 0 bridgehead atoms. The lowest BCUT2D eigenvalue weighted by atomic mass is 10.2. The lowest BCUT2D eigenvalue weighted by Gasteiger charge is -2.07. The van der Waals surface area contributed by atoms with E-state index < -0.39 is 0 Å². The molecule has 0 unspecified atom stereocenters. The van der Waals surface area contributed by atoms with Crippen molar-refractivity contribution in [3.05, 3.63) is 28.8 Å². The number of halogens is 1. The summed E-state index contributed by atoms with van der Waals surface area (Å²) in [6.45, 7) is 1.29. The van der Waals surface area contributed by atoms with E-state index in [0.717, 1.165) is 0 Å². The Kier molecular flexibility index (Phi) is 6.49. The summed E-state index contributed by atoms with van der Waals surface area (Å²) < 4.78 is 5.07. The summed E-state index contributed by atoms with van der Waals surface area (Å²) in [5.74, 6) is -0.255. The van der Waals surface area contributed by atoms with Crippen LogP contribution in [-0.4, -0.2) is 37.4 Å². The fourth-order valence-corrected chi connectivity index (χ4v) is 1.56. The number of benzene rings is 1. The molecule has 1 amide bonds. The first kappa shape index (κ1) is 14.8. The van der Waals surface area contributed by atoms with Crippen LogP contribution < -0.4 is 11.1 Å². The van der Waals surface area contributed by atoms with E-state index in [9.17, 15) is 4.79 Å². The fraction of sp³-hybridized carbons (Fsp3) is 0.417. The number of nitrogens with one attached hydrogen (secondary N) is 1. The minimum atomic E-state index is -0.255. The van der Waals surface area contributed by atoms with Gasteiger partial charge in [0.25, 0.3) is 5.91 Å². The molecule has 0 atom stereocenters. The van der Waals surface area contributed by atoms with Crippen molar-refractivity contribution in [2.45, 2.75) is 6.42 Å². The molecule has 0 saturated heterocycles. The third-order valence-electron chi connectivity index (χ3n) is 2.22. The molecule has 6 heteroatoms. The zero-order valence-corrected chi connectivity index (χ0v) is 10.7. The summed E-state index contributed by atoms with van der Waals surface area (Å²) in [6.07, 6.45) is 0.672. The van der Waals surface area contributed by atoms with E-state index in [1.54, 1.807) is 18.2 Å². The van der Waals surface area contributed by atoms with E-state index in [-0.39, 0.29) is 12.5 Å². The second-order valence-corrected chi connectivity index (χ2v) is 4.09. The maximum atomic E-state index is 11.8. The van der Waals surface area contributed by atoms with Gasteiger partial charge in [-0.25, -0.2) is 0 Å². The van der Waals surface area contributed by atoms with Crippen molar-refractivity contribution in [3.8, 4) is 0 Å². The lowest BCUT2D eigenvalue weighted by molar-refractivity contribution is 0.0867. The van der Waals surface area contributed by atoms with Crippen LogP contribution in [0.25, 0.3) is 0 Å². The van der Waals surface area contributed by atoms with Crippen molar-refractivity contribution in [2.24, 2.45) is 0 Å². The molecular weight excluding hydrogens is 256 g/mol. The van der Waals surface area contributed by atoms with Gasteiger partial charge < -0.3 is 20.9 Å². The van der Waals surface area contributed by atoms with Crippen LogP contribution >= 0.6 is 11.6 Å². The van der Waals surface area contributed by atoms with E-state index >= 15 is 0 Å². The van der Waals surface area contributed by atoms with Gasteiger partial charge in [0.2, 0.25) is 0 Å². The molecule has 4 N–H and O–H groups in total. The Morgan fingerprint density at radius 2 is 2.22 bits per heavy atom. The third-order valence-corrected chi connectivity index (χ3v) is 2.55. The first-order chi connectivity index (χ1) is 8.65. The minimum absolute atomic E-state index is 0.00522. The van der Waals surface area contributed by atoms with Crippen LogP contribution in [-0.2, 0) is 4.74 Å². The predicted molar refractivity (Wildman–Crippen MR) is 70.7 cm³/mol. The van der Waals surface area contributed by atoms with E-state index in [0.29, 0.717) is 42.5 Å². The molecular formula is C12H17ClN2O3. The second-order valence-electron chi connectivity index (χ2n) is 3.68. The molecule has 0 fully saturated rings. The average Bonchev–Trinajstić information content (AvgIpc) is 2.36. The first-order valence-electron chi connectivity index (χ1n) is 5.67. The van der Waals surface area contributed by atoms with Crippen molar-refractivity contribution in [3.63, 3.8) is 0 Å². The molecule has 0 aliphatic rings. The molecule has 0 aromatic heterocycles. The molecule has 0 saturated carbocycles. The standard InChI is InChI=1S/C12H17ClN2O3/c13-11-3-2-9(14)8-10(11)12(17)15-4-1-6-18-7-5-16/h2-3,8,16H,1,4-7,14H2,(H,15,17). The van der Waals surface area contributed by atoms with Crippen LogP contribution in [0.2, 0.25) is 5.02 Å². The Hall–Kier alpha value is -1.30. The van der Waals surface area contributed by atoms with Crippen molar-refractivity contribution >= 4 is 23.2 Å². The maximum absolute atomic E-state index is 11.8. The highest BCUT2D eigenvalue weighted by Gasteiger charge is 2.09. The number of ether oxygens (including phenoxy) is 1. The minimum Gasteiger partial charge on any atom is -0.399 e. The van der Waals surface area contributed by atoms with Gasteiger partial charge in [0.05, 0.1) is 23.8 Å². The van der Waals surface area contributed by atoms with Gasteiger partial charge in [-0.2, -0.15) is 0 Å². The van der Waals surface area contributed by atoms with Gasteiger partial charge in [-0.05, 0) is 24.6 Å². The van der Waals surface area contributed by atoms with E-state index in [1.807, 2.05) is 0 Å². The molecule has 18 heavy (non-hydrogen) atoms. The van der Waals surface area contributed by atoms with Crippen LogP contribution in [0.15, 0.2) is 18.2 Å². The highest BCUT2D eigenvalue weighted by Crippen LogP contribution is 2.18. The number of aliphatic hydroxyl groups excluding tert-OH is 1. The molecule has 0 heterocycles. The number of hydrogen-bond donors (Lipinski definition) is 3. The average molecular weight is 273 g/mol. The molecule has 100 valence electrons. The van der Waals surface area contributed by atoms with Gasteiger partial charge in [0.15, 0.2) is 0 Å². The van der Waals surface area contributed by atoms with E-state index in [1.165, 1.54) is 0 Å². The predicted octanol–water partition coefficient (Wildman–Crippen LogP) is 1.05. The van der Waals surface area contributed by atoms with Gasteiger partial charge in [-0.3, -0.25) is 4.79 Å². The van der Waals surface area contributed by atoms with Gasteiger partial charge in [0.1, 0.15) is 0 Å². The molecule has 0 spiro atoms. The van der Waals surface area contributed by atoms with E-state index in [4.69, 9.17) is 27.2 Å². The number of amides is 1. The summed E-state index contributed by atoms with van der Waals surface area (Å²) in [7, 11) is 0. The quantitative estimate of drug-likeness (QED) is 0.512. The largest absolute Gasteiger partial charge is 0.399 e. The Bertz CT molecular complexity index is 399. The zero-order valence-electron chi connectivity index (χ0n) is 9.99. The molecule has 0 aliphatic heterocycles. The van der Waals surface area contributed by atoms with Gasteiger partial charge >= 0.3 is 0 Å². The number of nitrogen functional groups attached to an aromatic ring is 1. The normalized spacial score (nSPS) is 10.3. The number of aliphatic hydroxyl groups is 1. The third kappa shape index (κ3) is 4.91. The molecule has 1 aromatic rings. The molecule has 0 aliphatic carbocycles. The van der Waals surface area contributed by atoms with Crippen LogP contribution in [0.1, 0.15) is 16.8 Å². The molecule has 5 nitrogen and oxygen atoms in total. The van der Waals surface area contributed by atoms with Gasteiger partial charge in [-0.1, -0.05) is 11.6 Å². The van der Waals surface area contributed by atoms with E-state index in [2.05, 4.69) is 5.32 Å². The fourth-order valence-electron chi connectivity index (χ4n) is 1.35. The summed E-state index contributed by atoms with van der Waals surface area (Å²) in [5, 5.41) is 11.6. The number of carbonyl (C=O) groups is 1. The van der Waals surface area contributed by atoms with Crippen LogP contribution in [0, 0.1) is 0 Å². The Morgan fingerprint density at radius 1 is 1.44 bits per heavy atom. The Balaban J connectivity index is 2.34. The topological polar surface area (TPSA) is 84.6 Å². The summed E-state index contributed by atoms with van der Waals surface area (Å²) in [6, 6.07) is 4.78. The number of carbonyl (C=O) groups excluding carboxylic acids is 1. The van der Waals surface area contributed by atoms with Crippen molar-refractivity contribution in [1.29, 1.82) is 0 Å². The van der Waals surface area contributed by atoms with Crippen LogP contribution in [0.4, 0.5) is 5.69 Å². The molecule has 0 radical (unpaired) electrons. The summed E-state index contributed by atoms with van der Waals surface area (Å²) >= 11 is 5.90. The zero-order chi connectivity index (χ0) is 13.4. The Morgan fingerprint density at radius 3 is 2.94 bits per heavy atom. The molecule has 1 rings (SSSR count). The van der Waals surface area contributed by atoms with Crippen molar-refractivity contribution in [1.82, 2.24) is 5.32 Å². The summed E-state index contributed by atoms with van der Waals surface area (Å²) in [5.41, 5.74) is 6.46. The highest BCUT2D eigenvalue weighted by molar-refractivity contribution is 6.34. The lowest BCUT2D eigenvalue weighted by Crippen LogP contribution is -2.25. The van der Waals surface area contributed by atoms with Crippen molar-refractivity contribution in [2.75, 3.05) is 32.1 Å².